The van der Waals surface area contributed by atoms with Crippen LogP contribution in [0.2, 0.25) is 5.02 Å². The molecule has 6 rings (SSSR count). The van der Waals surface area contributed by atoms with Crippen LogP contribution in [-0.4, -0.2) is 34.3 Å². The van der Waals surface area contributed by atoms with E-state index in [9.17, 15) is 9.59 Å². The number of fused-ring (bicyclic) bond motifs is 4. The maximum atomic E-state index is 14.2. The molecule has 0 aliphatic carbocycles. The van der Waals surface area contributed by atoms with Gasteiger partial charge in [-0.15, -0.1) is 11.8 Å². The van der Waals surface area contributed by atoms with Gasteiger partial charge in [-0.3, -0.25) is 14.5 Å². The highest BCUT2D eigenvalue weighted by Gasteiger charge is 2.69. The number of carbonyl (C=O) groups excluding carboxylic acids is 2. The lowest BCUT2D eigenvalue weighted by molar-refractivity contribution is -0.127. The van der Waals surface area contributed by atoms with Crippen LogP contribution in [0.5, 0.6) is 0 Å². The lowest BCUT2D eigenvalue weighted by Gasteiger charge is -2.36. The van der Waals surface area contributed by atoms with Gasteiger partial charge in [0, 0.05) is 45.4 Å². The van der Waals surface area contributed by atoms with Crippen molar-refractivity contribution in [3.8, 4) is 0 Å². The van der Waals surface area contributed by atoms with Crippen LogP contribution in [0.1, 0.15) is 27.4 Å². The number of halogens is 1. The number of hydrogen-bond acceptors (Lipinski definition) is 4. The van der Waals surface area contributed by atoms with Crippen molar-refractivity contribution in [2.75, 3.05) is 16.9 Å². The second kappa shape index (κ2) is 7.48. The van der Waals surface area contributed by atoms with Gasteiger partial charge in [0.15, 0.2) is 5.78 Å². The van der Waals surface area contributed by atoms with E-state index < -0.39 is 11.5 Å². The van der Waals surface area contributed by atoms with Crippen molar-refractivity contribution in [3.05, 3.63) is 101 Å². The van der Waals surface area contributed by atoms with Gasteiger partial charge in [-0.2, -0.15) is 0 Å². The smallest absolute Gasteiger partial charge is 0.250 e. The van der Waals surface area contributed by atoms with E-state index in [0.717, 1.165) is 28.4 Å². The van der Waals surface area contributed by atoms with Crippen molar-refractivity contribution in [2.24, 2.45) is 5.92 Å². The van der Waals surface area contributed by atoms with Crippen LogP contribution in [0.25, 0.3) is 0 Å². The summed E-state index contributed by atoms with van der Waals surface area (Å²) in [5, 5.41) is 3.76. The zero-order valence-corrected chi connectivity index (χ0v) is 18.8. The molecule has 0 aromatic heterocycles. The summed E-state index contributed by atoms with van der Waals surface area (Å²) in [4.78, 5) is 30.3. The molecule has 1 spiro atoms. The molecule has 0 unspecified atom stereocenters. The number of benzene rings is 3. The predicted molar refractivity (Wildman–Crippen MR) is 128 cm³/mol. The monoisotopic (exact) mass is 460 g/mol. The molecule has 32 heavy (non-hydrogen) atoms. The quantitative estimate of drug-likeness (QED) is 0.548. The SMILES string of the molecule is O=C(c1ccccc1)[C@H]1[C@@H](c2ccc(Cl)cc2)[C@@H]2CSCN2[C@@]12C(=O)Nc1ccccc12. The van der Waals surface area contributed by atoms with Crippen LogP contribution in [0.15, 0.2) is 78.9 Å². The number of anilines is 1. The molecule has 3 aromatic rings. The Kier molecular flexibility index (Phi) is 4.68. The minimum atomic E-state index is -1.03. The first kappa shape index (κ1) is 20.0. The molecule has 3 aliphatic heterocycles. The fraction of sp³-hybridized carbons (Fsp3) is 0.231. The molecule has 3 aromatic carbocycles. The molecule has 2 fully saturated rings. The van der Waals surface area contributed by atoms with E-state index in [4.69, 9.17) is 11.6 Å². The van der Waals surface area contributed by atoms with Crippen molar-refractivity contribution in [3.63, 3.8) is 0 Å². The Morgan fingerprint density at radius 2 is 1.72 bits per heavy atom. The highest BCUT2D eigenvalue weighted by molar-refractivity contribution is 7.99. The van der Waals surface area contributed by atoms with Crippen molar-refractivity contribution < 1.29 is 9.59 Å². The number of rotatable bonds is 3. The van der Waals surface area contributed by atoms with E-state index in [1.807, 2.05) is 90.6 Å². The van der Waals surface area contributed by atoms with E-state index in [0.29, 0.717) is 10.6 Å². The van der Waals surface area contributed by atoms with Crippen LogP contribution >= 0.6 is 23.4 Å². The Morgan fingerprint density at radius 1 is 1.00 bits per heavy atom. The summed E-state index contributed by atoms with van der Waals surface area (Å²) < 4.78 is 0. The lowest BCUT2D eigenvalue weighted by atomic mass is 9.69. The normalized spacial score (nSPS) is 28.5. The largest absolute Gasteiger partial charge is 0.324 e. The summed E-state index contributed by atoms with van der Waals surface area (Å²) in [5.41, 5.74) is 2.37. The molecular formula is C26H21ClN2O2S. The first-order valence-corrected chi connectivity index (χ1v) is 12.3. The molecule has 0 saturated carbocycles. The van der Waals surface area contributed by atoms with Crippen molar-refractivity contribution >= 4 is 40.7 Å². The molecular weight excluding hydrogens is 440 g/mol. The van der Waals surface area contributed by atoms with Crippen molar-refractivity contribution in [1.82, 2.24) is 4.90 Å². The van der Waals surface area contributed by atoms with Gasteiger partial charge in [0.2, 0.25) is 5.91 Å². The average molecular weight is 461 g/mol. The molecule has 3 heterocycles. The molecule has 4 nitrogen and oxygen atoms in total. The summed E-state index contributed by atoms with van der Waals surface area (Å²) >= 11 is 8.01. The molecule has 1 N–H and O–H groups in total. The minimum Gasteiger partial charge on any atom is -0.324 e. The van der Waals surface area contributed by atoms with Gasteiger partial charge in [0.25, 0.3) is 0 Å². The summed E-state index contributed by atoms with van der Waals surface area (Å²) in [6.45, 7) is 0. The Balaban J connectivity index is 1.62. The number of ketones is 1. The lowest BCUT2D eigenvalue weighted by Crippen LogP contribution is -2.52. The number of para-hydroxylation sites is 1. The molecule has 160 valence electrons. The van der Waals surface area contributed by atoms with Crippen LogP contribution in [-0.2, 0) is 10.3 Å². The van der Waals surface area contributed by atoms with Crippen LogP contribution in [0.4, 0.5) is 5.69 Å². The van der Waals surface area contributed by atoms with E-state index in [-0.39, 0.29) is 23.7 Å². The number of carbonyl (C=O) groups is 2. The van der Waals surface area contributed by atoms with Gasteiger partial charge in [-0.05, 0) is 23.8 Å². The topological polar surface area (TPSA) is 49.4 Å². The van der Waals surface area contributed by atoms with E-state index >= 15 is 0 Å². The van der Waals surface area contributed by atoms with Crippen LogP contribution < -0.4 is 5.32 Å². The zero-order chi connectivity index (χ0) is 21.9. The number of nitrogens with one attached hydrogen (secondary N) is 1. The number of nitrogens with zero attached hydrogens (tertiary/aromatic N) is 1. The van der Waals surface area contributed by atoms with Gasteiger partial charge >= 0.3 is 0 Å². The Bertz CT molecular complexity index is 1220. The van der Waals surface area contributed by atoms with E-state index in [2.05, 4.69) is 10.2 Å². The van der Waals surface area contributed by atoms with Crippen molar-refractivity contribution in [2.45, 2.75) is 17.5 Å². The summed E-state index contributed by atoms with van der Waals surface area (Å²) in [6, 6.07) is 25.0. The minimum absolute atomic E-state index is 0.0109. The number of thioether (sulfide) groups is 1. The summed E-state index contributed by atoms with van der Waals surface area (Å²) in [7, 11) is 0. The molecule has 2 saturated heterocycles. The highest BCUT2D eigenvalue weighted by atomic mass is 35.5. The van der Waals surface area contributed by atoms with Gasteiger partial charge in [0.1, 0.15) is 5.54 Å². The fourth-order valence-corrected chi connectivity index (χ4v) is 7.32. The zero-order valence-electron chi connectivity index (χ0n) is 17.2. The van der Waals surface area contributed by atoms with E-state index in [1.165, 1.54) is 0 Å². The number of Topliss-reactive ketones (excluding diaryl/α,β-unsaturated/α-hetero) is 1. The van der Waals surface area contributed by atoms with Crippen molar-refractivity contribution in [1.29, 1.82) is 0 Å². The maximum Gasteiger partial charge on any atom is 0.250 e. The Hall–Kier alpha value is -2.60. The molecule has 6 heteroatoms. The summed E-state index contributed by atoms with van der Waals surface area (Å²) in [5.74, 6) is 0.847. The third-order valence-electron chi connectivity index (χ3n) is 7.12. The average Bonchev–Trinajstić information content (AvgIpc) is 3.48. The Labute approximate surface area is 196 Å². The van der Waals surface area contributed by atoms with Crippen LogP contribution in [0.3, 0.4) is 0 Å². The molecule has 4 atom stereocenters. The molecule has 0 radical (unpaired) electrons. The van der Waals surface area contributed by atoms with Gasteiger partial charge < -0.3 is 5.32 Å². The van der Waals surface area contributed by atoms with Gasteiger partial charge in [0.05, 0.1) is 5.92 Å². The number of hydrogen-bond donors (Lipinski definition) is 1. The maximum absolute atomic E-state index is 14.2. The molecule has 0 bridgehead atoms. The van der Waals surface area contributed by atoms with Gasteiger partial charge in [-0.25, -0.2) is 0 Å². The third-order valence-corrected chi connectivity index (χ3v) is 8.41. The Morgan fingerprint density at radius 3 is 2.50 bits per heavy atom. The van der Waals surface area contributed by atoms with Gasteiger partial charge in [-0.1, -0.05) is 72.3 Å². The first-order valence-electron chi connectivity index (χ1n) is 10.7. The fourth-order valence-electron chi connectivity index (χ4n) is 5.87. The first-order chi connectivity index (χ1) is 15.6. The second-order valence-corrected chi connectivity index (χ2v) is 10.0. The van der Waals surface area contributed by atoms with Crippen LogP contribution in [0, 0.1) is 5.92 Å². The highest BCUT2D eigenvalue weighted by Crippen LogP contribution is 2.61. The number of amides is 1. The standard InChI is InChI=1S/C26H21ClN2O2S/c27-18-12-10-16(11-13-18)22-21-14-32-15-29(21)26(19-8-4-5-9-20(19)28-25(26)31)23(22)24(30)17-6-2-1-3-7-17/h1-13,21-23H,14-15H2,(H,28,31)/t21-,22-,23+,26+/m0/s1. The summed E-state index contributed by atoms with van der Waals surface area (Å²) in [6.07, 6.45) is 0. The van der Waals surface area contributed by atoms with E-state index in [1.54, 1.807) is 0 Å². The molecule has 3 aliphatic rings. The second-order valence-electron chi connectivity index (χ2n) is 8.59. The molecule has 1 amide bonds. The predicted octanol–water partition coefficient (Wildman–Crippen LogP) is 5.16. The third kappa shape index (κ3) is 2.68.